The molecule has 142 valence electrons. The van der Waals surface area contributed by atoms with Crippen LogP contribution in [-0.4, -0.2) is 11.7 Å². The number of rotatable bonds is 9. The predicted octanol–water partition coefficient (Wildman–Crippen LogP) is 6.44. The van der Waals surface area contributed by atoms with E-state index in [-0.39, 0.29) is 0 Å². The van der Waals surface area contributed by atoms with E-state index in [1.165, 1.54) is 17.7 Å². The SMILES string of the molecule is CC(C)=CCC[C@H](C)CCOC(P)(P)Cc1cccc(C(F)(F)F)c1. The van der Waals surface area contributed by atoms with E-state index in [1.54, 1.807) is 6.07 Å². The molecule has 0 saturated heterocycles. The smallest absolute Gasteiger partial charge is 0.367 e. The third kappa shape index (κ3) is 9.73. The van der Waals surface area contributed by atoms with E-state index in [0.29, 0.717) is 24.5 Å². The summed E-state index contributed by atoms with van der Waals surface area (Å²) in [7, 11) is 5.19. The Morgan fingerprint density at radius 1 is 1.20 bits per heavy atom. The Bertz CT molecular complexity index is 564. The summed E-state index contributed by atoms with van der Waals surface area (Å²) >= 11 is 0. The van der Waals surface area contributed by atoms with Crippen molar-refractivity contribution in [1.82, 2.24) is 0 Å². The Kier molecular flexibility index (Phi) is 9.09. The molecule has 0 aliphatic rings. The number of benzene rings is 1. The summed E-state index contributed by atoms with van der Waals surface area (Å²) in [6.45, 7) is 6.97. The molecule has 25 heavy (non-hydrogen) atoms. The normalized spacial score (nSPS) is 13.6. The van der Waals surface area contributed by atoms with E-state index in [9.17, 15) is 13.2 Å². The van der Waals surface area contributed by atoms with Gasteiger partial charge in [0.05, 0.1) is 10.6 Å². The first-order chi connectivity index (χ1) is 11.5. The van der Waals surface area contributed by atoms with Crippen LogP contribution in [-0.2, 0) is 17.3 Å². The highest BCUT2D eigenvalue weighted by atomic mass is 31.1. The van der Waals surface area contributed by atoms with Gasteiger partial charge in [0.25, 0.3) is 0 Å². The fourth-order valence-corrected chi connectivity index (χ4v) is 3.19. The molecule has 1 rings (SSSR count). The second-order valence-corrected chi connectivity index (χ2v) is 9.55. The summed E-state index contributed by atoms with van der Waals surface area (Å²) in [5.41, 5.74) is 1.32. The van der Waals surface area contributed by atoms with Crippen LogP contribution in [0.4, 0.5) is 13.2 Å². The number of alkyl halides is 3. The molecular formula is C19H29F3OP2. The average molecular weight is 392 g/mol. The molecule has 0 N–H and O–H groups in total. The van der Waals surface area contributed by atoms with Gasteiger partial charge in [-0.15, -0.1) is 0 Å². The molecule has 2 unspecified atom stereocenters. The quantitative estimate of drug-likeness (QED) is 0.347. The average Bonchev–Trinajstić information content (AvgIpc) is 2.45. The zero-order valence-corrected chi connectivity index (χ0v) is 17.5. The van der Waals surface area contributed by atoms with E-state index in [0.717, 1.165) is 25.3 Å². The molecule has 0 heterocycles. The van der Waals surface area contributed by atoms with Crippen molar-refractivity contribution in [3.05, 3.63) is 47.0 Å². The molecule has 0 saturated carbocycles. The highest BCUT2D eigenvalue weighted by Gasteiger charge is 2.31. The topological polar surface area (TPSA) is 9.23 Å². The molecule has 0 radical (unpaired) electrons. The summed E-state index contributed by atoms with van der Waals surface area (Å²) in [6.07, 6.45) is 1.42. The zero-order chi connectivity index (χ0) is 19.1. The van der Waals surface area contributed by atoms with E-state index in [1.807, 2.05) is 0 Å². The van der Waals surface area contributed by atoms with Gasteiger partial charge in [-0.3, -0.25) is 0 Å². The van der Waals surface area contributed by atoms with Crippen LogP contribution in [0.15, 0.2) is 35.9 Å². The van der Waals surface area contributed by atoms with Gasteiger partial charge in [0.1, 0.15) is 0 Å². The zero-order valence-electron chi connectivity index (χ0n) is 15.2. The fraction of sp³-hybridized carbons (Fsp3) is 0.579. The van der Waals surface area contributed by atoms with E-state index < -0.39 is 16.8 Å². The summed E-state index contributed by atoms with van der Waals surface area (Å²) < 4.78 is 44.3. The molecular weight excluding hydrogens is 363 g/mol. The standard InChI is InChI=1S/C19H29F3OP2/c1-14(2)6-4-7-15(3)10-11-23-18(24,25)13-16-8-5-9-17(12-16)19(20,21)22/h5-6,8-9,12,15H,4,7,10-11,13,24-25H2,1-3H3/t15-/m0/s1. The molecule has 3 atom stereocenters. The monoisotopic (exact) mass is 392 g/mol. The minimum absolute atomic E-state index is 0.387. The van der Waals surface area contributed by atoms with E-state index in [4.69, 9.17) is 4.74 Å². The van der Waals surface area contributed by atoms with Crippen LogP contribution < -0.4 is 0 Å². The van der Waals surface area contributed by atoms with Gasteiger partial charge in [-0.1, -0.05) is 55.3 Å². The first-order valence-electron chi connectivity index (χ1n) is 8.51. The lowest BCUT2D eigenvalue weighted by molar-refractivity contribution is -0.137. The van der Waals surface area contributed by atoms with Crippen molar-refractivity contribution in [2.45, 2.75) is 57.7 Å². The number of halogens is 3. The minimum atomic E-state index is -4.32. The van der Waals surface area contributed by atoms with Crippen LogP contribution in [0, 0.1) is 5.92 Å². The van der Waals surface area contributed by atoms with Gasteiger partial charge < -0.3 is 4.74 Å². The number of allylic oxidation sites excluding steroid dienone is 2. The van der Waals surface area contributed by atoms with Crippen LogP contribution in [0.1, 0.15) is 51.2 Å². The van der Waals surface area contributed by atoms with Crippen LogP contribution in [0.3, 0.4) is 0 Å². The Hall–Kier alpha value is -0.430. The Morgan fingerprint density at radius 3 is 2.48 bits per heavy atom. The minimum Gasteiger partial charge on any atom is -0.367 e. The van der Waals surface area contributed by atoms with Crippen molar-refractivity contribution < 1.29 is 17.9 Å². The molecule has 0 aromatic heterocycles. The maximum atomic E-state index is 12.8. The lowest BCUT2D eigenvalue weighted by Crippen LogP contribution is -2.21. The van der Waals surface area contributed by atoms with Crippen LogP contribution in [0.5, 0.6) is 0 Å². The van der Waals surface area contributed by atoms with Crippen LogP contribution in [0.2, 0.25) is 0 Å². The highest BCUT2D eigenvalue weighted by molar-refractivity contribution is 7.39. The summed E-state index contributed by atoms with van der Waals surface area (Å²) in [6, 6.07) is 5.42. The molecule has 1 aromatic rings. The number of hydrogen-bond acceptors (Lipinski definition) is 1. The molecule has 0 bridgehead atoms. The van der Waals surface area contributed by atoms with Gasteiger partial charge >= 0.3 is 6.18 Å². The first-order valence-corrected chi connectivity index (χ1v) is 9.66. The molecule has 0 spiro atoms. The van der Waals surface area contributed by atoms with Crippen molar-refractivity contribution in [3.8, 4) is 0 Å². The molecule has 1 aromatic carbocycles. The Labute approximate surface area is 154 Å². The maximum Gasteiger partial charge on any atom is 0.416 e. The van der Waals surface area contributed by atoms with Gasteiger partial charge in [0, 0.05) is 13.0 Å². The lowest BCUT2D eigenvalue weighted by atomic mass is 10.0. The largest absolute Gasteiger partial charge is 0.416 e. The maximum absolute atomic E-state index is 12.8. The summed E-state index contributed by atoms with van der Waals surface area (Å²) in [4.78, 5) is 0. The van der Waals surface area contributed by atoms with Gasteiger partial charge in [-0.2, -0.15) is 13.2 Å². The van der Waals surface area contributed by atoms with Crippen molar-refractivity contribution in [1.29, 1.82) is 0 Å². The third-order valence-electron chi connectivity index (χ3n) is 3.93. The van der Waals surface area contributed by atoms with Gasteiger partial charge in [0.15, 0.2) is 0 Å². The molecule has 0 aliphatic carbocycles. The molecule has 1 nitrogen and oxygen atoms in total. The van der Waals surface area contributed by atoms with Crippen molar-refractivity contribution in [2.75, 3.05) is 6.61 Å². The second-order valence-electron chi connectivity index (χ2n) is 6.93. The van der Waals surface area contributed by atoms with Crippen molar-refractivity contribution >= 4 is 18.5 Å². The van der Waals surface area contributed by atoms with Gasteiger partial charge in [0.2, 0.25) is 0 Å². The van der Waals surface area contributed by atoms with Gasteiger partial charge in [-0.25, -0.2) is 0 Å². The van der Waals surface area contributed by atoms with Crippen molar-refractivity contribution in [3.63, 3.8) is 0 Å². The molecule has 6 heteroatoms. The molecule has 0 amide bonds. The number of ether oxygens (including phenoxy) is 1. The third-order valence-corrected chi connectivity index (χ3v) is 4.67. The summed E-state index contributed by atoms with van der Waals surface area (Å²) in [5, 5.41) is -0.649. The van der Waals surface area contributed by atoms with Crippen LogP contribution in [0.25, 0.3) is 0 Å². The predicted molar refractivity (Wildman–Crippen MR) is 106 cm³/mol. The Morgan fingerprint density at radius 2 is 1.88 bits per heavy atom. The lowest BCUT2D eigenvalue weighted by Gasteiger charge is -2.26. The van der Waals surface area contributed by atoms with E-state index in [2.05, 4.69) is 45.3 Å². The molecule has 0 aliphatic heterocycles. The Balaban J connectivity index is 2.47. The second kappa shape index (κ2) is 10.0. The van der Waals surface area contributed by atoms with Crippen molar-refractivity contribution in [2.24, 2.45) is 5.92 Å². The highest BCUT2D eigenvalue weighted by Crippen LogP contribution is 2.35. The first kappa shape index (κ1) is 22.6. The van der Waals surface area contributed by atoms with Crippen LogP contribution >= 0.6 is 18.5 Å². The fourth-order valence-electron chi connectivity index (χ4n) is 2.48. The number of hydrogen-bond donors (Lipinski definition) is 0. The van der Waals surface area contributed by atoms with Gasteiger partial charge in [-0.05, 0) is 50.7 Å². The van der Waals surface area contributed by atoms with E-state index >= 15 is 0 Å². The molecule has 0 fully saturated rings. The summed E-state index contributed by atoms with van der Waals surface area (Å²) in [5.74, 6) is 0.551.